The van der Waals surface area contributed by atoms with Crippen LogP contribution in [0.4, 0.5) is 13.2 Å². The minimum atomic E-state index is -4.58. The number of allylic oxidation sites excluding steroid dienone is 3. The first-order valence-electron chi connectivity index (χ1n) is 9.47. The maximum atomic E-state index is 13.0. The van der Waals surface area contributed by atoms with Gasteiger partial charge in [0.1, 0.15) is 6.42 Å². The van der Waals surface area contributed by atoms with Crippen LogP contribution < -0.4 is 0 Å². The van der Waals surface area contributed by atoms with Crippen molar-refractivity contribution in [1.29, 1.82) is 0 Å². The van der Waals surface area contributed by atoms with Gasteiger partial charge in [-0.05, 0) is 53.5 Å². The zero-order valence-corrected chi connectivity index (χ0v) is 18.7. The highest BCUT2D eigenvalue weighted by atomic mass is 35.5. The van der Waals surface area contributed by atoms with Gasteiger partial charge in [0.05, 0.1) is 16.7 Å². The first-order chi connectivity index (χ1) is 14.1. The van der Waals surface area contributed by atoms with Gasteiger partial charge in [-0.2, -0.15) is 13.2 Å². The van der Waals surface area contributed by atoms with Gasteiger partial charge >= 0.3 is 12.1 Å². The number of Topliss-reactive ketones (excluding diaryl/α,β-unsaturated/α-hetero) is 1. The summed E-state index contributed by atoms with van der Waals surface area (Å²) in [5, 5.41) is 8.20. The minimum Gasteiger partial charge on any atom is -0.481 e. The highest BCUT2D eigenvalue weighted by Crippen LogP contribution is 2.49. The van der Waals surface area contributed by atoms with Crippen molar-refractivity contribution in [3.63, 3.8) is 0 Å². The van der Waals surface area contributed by atoms with Crippen molar-refractivity contribution < 1.29 is 37.3 Å². The van der Waals surface area contributed by atoms with Gasteiger partial charge in [-0.3, -0.25) is 14.2 Å². The predicted octanol–water partition coefficient (Wildman–Crippen LogP) is 6.15. The highest BCUT2D eigenvalue weighted by molar-refractivity contribution is 7.62. The Labute approximate surface area is 183 Å². The molecular formula is C21H23ClF3O5P. The molecule has 1 aliphatic rings. The number of rotatable bonds is 7. The second-order valence-corrected chi connectivity index (χ2v) is 10.7. The molecule has 0 heterocycles. The average Bonchev–Trinajstić information content (AvgIpc) is 2.57. The zero-order chi connectivity index (χ0) is 23.6. The van der Waals surface area contributed by atoms with Gasteiger partial charge in [-0.25, -0.2) is 0 Å². The monoisotopic (exact) mass is 478 g/mol. The molecule has 0 fully saturated rings. The third-order valence-electron chi connectivity index (χ3n) is 5.13. The number of aliphatic carboxylic acids is 1. The van der Waals surface area contributed by atoms with Gasteiger partial charge < -0.3 is 10.00 Å². The molecule has 0 aliphatic heterocycles. The number of benzene rings is 1. The van der Waals surface area contributed by atoms with E-state index in [9.17, 15) is 32.2 Å². The fourth-order valence-electron chi connectivity index (χ4n) is 3.66. The number of carboxylic acids is 1. The Morgan fingerprint density at radius 1 is 1.29 bits per heavy atom. The molecule has 1 aromatic rings. The molecule has 0 spiro atoms. The molecule has 1 aromatic carbocycles. The van der Waals surface area contributed by atoms with Gasteiger partial charge in [0.2, 0.25) is 7.37 Å². The fourth-order valence-corrected chi connectivity index (χ4v) is 5.06. The topological polar surface area (TPSA) is 91.7 Å². The van der Waals surface area contributed by atoms with Gasteiger partial charge in [0.25, 0.3) is 0 Å². The summed E-state index contributed by atoms with van der Waals surface area (Å²) < 4.78 is 51.5. The summed E-state index contributed by atoms with van der Waals surface area (Å²) in [6, 6.07) is 3.48. The molecule has 1 aliphatic carbocycles. The van der Waals surface area contributed by atoms with Crippen molar-refractivity contribution in [3.05, 3.63) is 51.8 Å². The lowest BCUT2D eigenvalue weighted by Crippen LogP contribution is -2.19. The third kappa shape index (κ3) is 6.79. The maximum absolute atomic E-state index is 13.0. The van der Waals surface area contributed by atoms with Crippen LogP contribution in [0.2, 0.25) is 5.02 Å². The Kier molecular flexibility index (Phi) is 7.62. The molecule has 170 valence electrons. The van der Waals surface area contributed by atoms with Crippen LogP contribution in [-0.4, -0.2) is 27.9 Å². The molecule has 0 aromatic heterocycles. The van der Waals surface area contributed by atoms with Crippen molar-refractivity contribution in [1.82, 2.24) is 0 Å². The number of hydrogen-bond acceptors (Lipinski definition) is 3. The molecule has 1 atom stereocenters. The van der Waals surface area contributed by atoms with Crippen LogP contribution in [0.5, 0.6) is 0 Å². The van der Waals surface area contributed by atoms with Crippen LogP contribution in [0.1, 0.15) is 50.7 Å². The summed E-state index contributed by atoms with van der Waals surface area (Å²) >= 11 is 5.87. The first kappa shape index (κ1) is 25.4. The summed E-state index contributed by atoms with van der Waals surface area (Å²) in [6.45, 7) is 3.82. The lowest BCUT2D eigenvalue weighted by molar-refractivity contribution is -0.140. The Hall–Kier alpha value is -1.89. The highest BCUT2D eigenvalue weighted by Gasteiger charge is 2.34. The van der Waals surface area contributed by atoms with E-state index in [-0.39, 0.29) is 0 Å². The Morgan fingerprint density at radius 2 is 1.94 bits per heavy atom. The molecule has 0 amide bonds. The number of alkyl halides is 3. The van der Waals surface area contributed by atoms with E-state index in [1.807, 2.05) is 13.8 Å². The smallest absolute Gasteiger partial charge is 0.417 e. The van der Waals surface area contributed by atoms with Crippen molar-refractivity contribution in [2.24, 2.45) is 5.41 Å². The lowest BCUT2D eigenvalue weighted by atomic mass is 9.71. The molecule has 5 nitrogen and oxygen atoms in total. The third-order valence-corrected chi connectivity index (χ3v) is 6.86. The number of carbonyl (C=O) groups excluding carboxylic acids is 1. The Balaban J connectivity index is 2.46. The molecule has 10 heteroatoms. The van der Waals surface area contributed by atoms with Crippen LogP contribution in [0, 0.1) is 5.41 Å². The summed E-state index contributed by atoms with van der Waals surface area (Å²) in [5.74, 6) is -1.25. The van der Waals surface area contributed by atoms with Gasteiger partial charge in [0.15, 0.2) is 5.78 Å². The standard InChI is InChI=1S/C21H23ClF3O5P/c1-20(2)8-3-4-15(13-5-6-17(18(22)10-13)21(23,24)25)16(20)7-9-31(29,30)12-14(26)11-19(27)28/h5-7,9-10H,3-4,8,11-12H2,1-2H3,(H,27,28)(H,29,30). The Morgan fingerprint density at radius 3 is 2.48 bits per heavy atom. The SMILES string of the molecule is CC1(C)CCCC(c2ccc(C(F)(F)F)c(Cl)c2)=C1C=CP(=O)(O)CC(=O)CC(=O)O. The van der Waals surface area contributed by atoms with Crippen molar-refractivity contribution in [2.45, 2.75) is 45.7 Å². The normalized spacial score (nSPS) is 18.8. The van der Waals surface area contributed by atoms with E-state index in [2.05, 4.69) is 0 Å². The molecule has 0 radical (unpaired) electrons. The summed E-state index contributed by atoms with van der Waals surface area (Å²) in [4.78, 5) is 32.3. The van der Waals surface area contributed by atoms with Crippen LogP contribution in [0.3, 0.4) is 0 Å². The fraction of sp³-hybridized carbons (Fsp3) is 0.429. The quantitative estimate of drug-likeness (QED) is 0.362. The number of hydrogen-bond donors (Lipinski definition) is 2. The second-order valence-electron chi connectivity index (χ2n) is 8.16. The summed E-state index contributed by atoms with van der Waals surface area (Å²) in [7, 11) is -4.09. The summed E-state index contributed by atoms with van der Waals surface area (Å²) in [5.41, 5.74) is 0.474. The van der Waals surface area contributed by atoms with Crippen LogP contribution in [-0.2, 0) is 20.3 Å². The van der Waals surface area contributed by atoms with E-state index in [0.29, 0.717) is 23.1 Å². The molecular weight excluding hydrogens is 456 g/mol. The van der Waals surface area contributed by atoms with Crippen LogP contribution in [0.15, 0.2) is 35.7 Å². The molecule has 1 unspecified atom stereocenters. The maximum Gasteiger partial charge on any atom is 0.417 e. The second kappa shape index (κ2) is 9.31. The van der Waals surface area contributed by atoms with E-state index in [1.54, 1.807) is 0 Å². The van der Waals surface area contributed by atoms with E-state index >= 15 is 0 Å². The van der Waals surface area contributed by atoms with E-state index < -0.39 is 53.9 Å². The van der Waals surface area contributed by atoms with Crippen LogP contribution in [0.25, 0.3) is 5.57 Å². The largest absolute Gasteiger partial charge is 0.481 e. The number of ketones is 1. The summed E-state index contributed by atoms with van der Waals surface area (Å²) in [6.07, 6.45) is -2.74. The molecule has 2 N–H and O–H groups in total. The molecule has 31 heavy (non-hydrogen) atoms. The zero-order valence-electron chi connectivity index (χ0n) is 17.0. The average molecular weight is 479 g/mol. The molecule has 0 bridgehead atoms. The molecule has 0 saturated heterocycles. The van der Waals surface area contributed by atoms with E-state index in [0.717, 1.165) is 24.7 Å². The Bertz CT molecular complexity index is 995. The van der Waals surface area contributed by atoms with E-state index in [1.165, 1.54) is 18.2 Å². The van der Waals surface area contributed by atoms with Gasteiger partial charge in [-0.1, -0.05) is 37.6 Å². The number of carbonyl (C=O) groups is 2. The van der Waals surface area contributed by atoms with Crippen molar-refractivity contribution in [3.8, 4) is 0 Å². The minimum absolute atomic E-state index is 0.434. The van der Waals surface area contributed by atoms with E-state index in [4.69, 9.17) is 16.7 Å². The predicted molar refractivity (Wildman–Crippen MR) is 112 cm³/mol. The first-order valence-corrected chi connectivity index (χ1v) is 11.8. The van der Waals surface area contributed by atoms with Gasteiger partial charge in [0, 0.05) is 5.82 Å². The molecule has 0 saturated carbocycles. The van der Waals surface area contributed by atoms with Crippen LogP contribution >= 0.6 is 19.0 Å². The lowest BCUT2D eigenvalue weighted by Gasteiger charge is -2.34. The van der Waals surface area contributed by atoms with Crippen molar-refractivity contribution in [2.75, 3.05) is 6.16 Å². The molecule has 2 rings (SSSR count). The number of halogens is 4. The number of carboxylic acid groups (broad SMARTS) is 1. The van der Waals surface area contributed by atoms with Crippen molar-refractivity contribution >= 4 is 36.3 Å². The van der Waals surface area contributed by atoms with Gasteiger partial charge in [-0.15, -0.1) is 0 Å².